The minimum Gasteiger partial charge on any atom is -0.103 e. The molecule has 12 heavy (non-hydrogen) atoms. The van der Waals surface area contributed by atoms with E-state index in [-0.39, 0.29) is 0 Å². The first-order chi connectivity index (χ1) is 5.86. The Labute approximate surface area is 77.9 Å². The summed E-state index contributed by atoms with van der Waals surface area (Å²) in [6.45, 7) is 2.45. The Kier molecular flexibility index (Phi) is 3.07. The molecule has 0 aromatic rings. The van der Waals surface area contributed by atoms with Gasteiger partial charge in [-0.1, -0.05) is 26.2 Å². The third-order valence-electron chi connectivity index (χ3n) is 3.55. The van der Waals surface area contributed by atoms with E-state index in [1.54, 1.807) is 31.6 Å². The zero-order valence-electron chi connectivity index (χ0n) is 8.26. The monoisotopic (exact) mass is 184 g/mol. The fourth-order valence-corrected chi connectivity index (χ4v) is 6.44. The fourth-order valence-electron chi connectivity index (χ4n) is 2.75. The molecule has 0 bridgehead atoms. The van der Waals surface area contributed by atoms with Gasteiger partial charge in [-0.2, -0.15) is 0 Å². The largest absolute Gasteiger partial charge is 0.103 e. The molecule has 70 valence electrons. The Balaban J connectivity index is 1.83. The third kappa shape index (κ3) is 2.02. The highest BCUT2D eigenvalue weighted by molar-refractivity contribution is 7.58. The molecule has 0 N–H and O–H groups in total. The molecule has 2 unspecified atom stereocenters. The second-order valence-corrected chi connectivity index (χ2v) is 7.40. The summed E-state index contributed by atoms with van der Waals surface area (Å²) in [5, 5.41) is 0. The van der Waals surface area contributed by atoms with E-state index in [1.165, 1.54) is 24.9 Å². The van der Waals surface area contributed by atoms with Gasteiger partial charge in [0.2, 0.25) is 0 Å². The Morgan fingerprint density at radius 2 is 1.75 bits per heavy atom. The number of hydrogen-bond donors (Lipinski definition) is 0. The second-order valence-electron chi connectivity index (χ2n) is 4.68. The lowest BCUT2D eigenvalue weighted by atomic mass is 10.0. The molecule has 1 saturated heterocycles. The molecule has 0 radical (unpaired) electrons. The normalized spacial score (nSPS) is 38.8. The average molecular weight is 184 g/mol. The highest BCUT2D eigenvalue weighted by Crippen LogP contribution is 2.54. The first-order valence-electron chi connectivity index (χ1n) is 5.60. The van der Waals surface area contributed by atoms with E-state index in [1.807, 2.05) is 0 Å². The smallest absolute Gasteiger partial charge is 0.0209 e. The predicted molar refractivity (Wildman–Crippen MR) is 57.3 cm³/mol. The maximum Gasteiger partial charge on any atom is -0.0209 e. The Hall–Kier alpha value is 0.430. The van der Waals surface area contributed by atoms with Crippen molar-refractivity contribution in [2.45, 2.75) is 51.1 Å². The van der Waals surface area contributed by atoms with Crippen molar-refractivity contribution in [2.75, 3.05) is 12.3 Å². The number of hydrogen-bond acceptors (Lipinski definition) is 0. The average Bonchev–Trinajstić information content (AvgIpc) is 2.54. The summed E-state index contributed by atoms with van der Waals surface area (Å²) in [7, 11) is 0.497. The Morgan fingerprint density at radius 3 is 2.33 bits per heavy atom. The second kappa shape index (κ2) is 4.09. The van der Waals surface area contributed by atoms with Gasteiger partial charge >= 0.3 is 0 Å². The van der Waals surface area contributed by atoms with Crippen LogP contribution >= 0.6 is 7.92 Å². The SMILES string of the molecule is CC1CCP(C2CCCCC2)C1. The molecule has 1 heteroatoms. The highest BCUT2D eigenvalue weighted by atomic mass is 31.1. The Morgan fingerprint density at radius 1 is 1.00 bits per heavy atom. The molecule has 0 spiro atoms. The van der Waals surface area contributed by atoms with E-state index >= 15 is 0 Å². The van der Waals surface area contributed by atoms with E-state index in [0.717, 1.165) is 5.92 Å². The summed E-state index contributed by atoms with van der Waals surface area (Å²) in [6, 6.07) is 0. The highest BCUT2D eigenvalue weighted by Gasteiger charge is 2.28. The quantitative estimate of drug-likeness (QED) is 0.543. The molecule has 0 nitrogen and oxygen atoms in total. The fraction of sp³-hybridized carbons (Fsp3) is 1.00. The van der Waals surface area contributed by atoms with E-state index in [2.05, 4.69) is 6.92 Å². The summed E-state index contributed by atoms with van der Waals surface area (Å²) >= 11 is 0. The van der Waals surface area contributed by atoms with Crippen molar-refractivity contribution in [3.63, 3.8) is 0 Å². The first kappa shape index (κ1) is 9.00. The van der Waals surface area contributed by atoms with Gasteiger partial charge < -0.3 is 0 Å². The van der Waals surface area contributed by atoms with Crippen molar-refractivity contribution in [3.8, 4) is 0 Å². The molecular formula is C11H21P. The molecule has 0 aromatic carbocycles. The van der Waals surface area contributed by atoms with Crippen molar-refractivity contribution in [1.29, 1.82) is 0 Å². The van der Waals surface area contributed by atoms with Gasteiger partial charge in [0, 0.05) is 0 Å². The summed E-state index contributed by atoms with van der Waals surface area (Å²) in [4.78, 5) is 0. The maximum absolute atomic E-state index is 2.45. The van der Waals surface area contributed by atoms with E-state index in [4.69, 9.17) is 0 Å². The van der Waals surface area contributed by atoms with Crippen LogP contribution in [0.1, 0.15) is 45.4 Å². The van der Waals surface area contributed by atoms with Gasteiger partial charge in [0.1, 0.15) is 0 Å². The van der Waals surface area contributed by atoms with Gasteiger partial charge in [0.25, 0.3) is 0 Å². The summed E-state index contributed by atoms with van der Waals surface area (Å²) in [6.07, 6.45) is 12.5. The van der Waals surface area contributed by atoms with Crippen molar-refractivity contribution < 1.29 is 0 Å². The van der Waals surface area contributed by atoms with Crippen LogP contribution in [0.25, 0.3) is 0 Å². The van der Waals surface area contributed by atoms with Crippen molar-refractivity contribution in [1.82, 2.24) is 0 Å². The van der Waals surface area contributed by atoms with Crippen molar-refractivity contribution in [2.24, 2.45) is 5.92 Å². The van der Waals surface area contributed by atoms with Crippen LogP contribution < -0.4 is 0 Å². The van der Waals surface area contributed by atoms with Crippen LogP contribution in [0, 0.1) is 5.92 Å². The zero-order valence-corrected chi connectivity index (χ0v) is 9.15. The lowest BCUT2D eigenvalue weighted by Gasteiger charge is -2.27. The molecule has 0 aromatic heterocycles. The van der Waals surface area contributed by atoms with Gasteiger partial charge in [-0.05, 0) is 43.2 Å². The lowest BCUT2D eigenvalue weighted by molar-refractivity contribution is 0.511. The van der Waals surface area contributed by atoms with Gasteiger partial charge in [-0.15, -0.1) is 7.92 Å². The minimum atomic E-state index is 0.497. The predicted octanol–water partition coefficient (Wildman–Crippen LogP) is 3.84. The van der Waals surface area contributed by atoms with E-state index in [9.17, 15) is 0 Å². The summed E-state index contributed by atoms with van der Waals surface area (Å²) in [5.74, 6) is 1.07. The van der Waals surface area contributed by atoms with Gasteiger partial charge in [0.05, 0.1) is 0 Å². The van der Waals surface area contributed by atoms with Crippen molar-refractivity contribution in [3.05, 3.63) is 0 Å². The first-order valence-corrected chi connectivity index (χ1v) is 7.38. The lowest BCUT2D eigenvalue weighted by Crippen LogP contribution is -2.11. The van der Waals surface area contributed by atoms with Crippen LogP contribution in [-0.4, -0.2) is 18.0 Å². The minimum absolute atomic E-state index is 0.497. The molecule has 0 amide bonds. The molecule has 1 saturated carbocycles. The molecule has 2 aliphatic rings. The molecule has 2 atom stereocenters. The Bertz CT molecular complexity index is 135. The topological polar surface area (TPSA) is 0 Å². The van der Waals surface area contributed by atoms with Gasteiger partial charge in [0.15, 0.2) is 0 Å². The van der Waals surface area contributed by atoms with Crippen LogP contribution in [0.15, 0.2) is 0 Å². The van der Waals surface area contributed by atoms with Crippen LogP contribution in [0.3, 0.4) is 0 Å². The van der Waals surface area contributed by atoms with E-state index < -0.39 is 0 Å². The van der Waals surface area contributed by atoms with Crippen LogP contribution in [0.5, 0.6) is 0 Å². The van der Waals surface area contributed by atoms with Gasteiger partial charge in [-0.25, -0.2) is 0 Å². The molecule has 2 rings (SSSR count). The van der Waals surface area contributed by atoms with E-state index in [0.29, 0.717) is 7.92 Å². The van der Waals surface area contributed by atoms with Crippen molar-refractivity contribution >= 4 is 7.92 Å². The third-order valence-corrected chi connectivity index (χ3v) is 7.02. The molecule has 1 heterocycles. The molecule has 2 fully saturated rings. The van der Waals surface area contributed by atoms with Crippen LogP contribution in [-0.2, 0) is 0 Å². The molecule has 1 aliphatic carbocycles. The molecular weight excluding hydrogens is 163 g/mol. The maximum atomic E-state index is 2.45. The zero-order chi connectivity index (χ0) is 8.39. The summed E-state index contributed by atoms with van der Waals surface area (Å²) < 4.78 is 0. The van der Waals surface area contributed by atoms with Crippen LogP contribution in [0.2, 0.25) is 0 Å². The molecule has 1 aliphatic heterocycles. The standard InChI is InChI=1S/C11H21P/c1-10-7-8-12(9-10)11-5-3-2-4-6-11/h10-11H,2-9H2,1H3. The van der Waals surface area contributed by atoms with Crippen LogP contribution in [0.4, 0.5) is 0 Å². The summed E-state index contributed by atoms with van der Waals surface area (Å²) in [5.41, 5.74) is 1.19. The van der Waals surface area contributed by atoms with Gasteiger partial charge in [-0.3, -0.25) is 0 Å². The number of rotatable bonds is 1.